The molecular formula is C9H13N3O3. The van der Waals surface area contributed by atoms with E-state index in [1.165, 1.54) is 0 Å². The molecule has 1 aromatic heterocycles. The lowest BCUT2D eigenvalue weighted by molar-refractivity contribution is -0.139. The van der Waals surface area contributed by atoms with Crippen molar-refractivity contribution in [2.45, 2.75) is 26.7 Å². The van der Waals surface area contributed by atoms with Crippen LogP contribution in [0.15, 0.2) is 0 Å². The van der Waals surface area contributed by atoms with Crippen molar-refractivity contribution in [2.24, 2.45) is 0 Å². The summed E-state index contributed by atoms with van der Waals surface area (Å²) in [6, 6.07) is 0.0199. The average Bonchev–Trinajstić information content (AvgIpc) is 2.25. The molecule has 0 aromatic carbocycles. The van der Waals surface area contributed by atoms with Gasteiger partial charge in [0.2, 0.25) is 0 Å². The zero-order chi connectivity index (χ0) is 11.3. The van der Waals surface area contributed by atoms with Gasteiger partial charge in [-0.2, -0.15) is 4.98 Å². The van der Waals surface area contributed by atoms with Gasteiger partial charge in [-0.1, -0.05) is 18.9 Å². The monoisotopic (exact) mass is 211 g/mol. The van der Waals surface area contributed by atoms with Crippen LogP contribution < -0.4 is 4.74 Å². The zero-order valence-electron chi connectivity index (χ0n) is 8.73. The predicted octanol–water partition coefficient (Wildman–Crippen LogP) is 0.460. The summed E-state index contributed by atoms with van der Waals surface area (Å²) < 4.78 is 4.83. The van der Waals surface area contributed by atoms with E-state index in [-0.39, 0.29) is 6.01 Å². The Morgan fingerprint density at radius 3 is 2.47 bits per heavy atom. The van der Waals surface area contributed by atoms with Crippen molar-refractivity contribution in [3.63, 3.8) is 0 Å². The molecule has 1 N–H and O–H groups in total. The number of hydrogen-bond donors (Lipinski definition) is 1. The highest BCUT2D eigenvalue weighted by Gasteiger charge is 2.07. The number of carboxylic acid groups (broad SMARTS) is 1. The molecule has 0 atom stereocenters. The minimum atomic E-state index is -1.06. The summed E-state index contributed by atoms with van der Waals surface area (Å²) in [5, 5.41) is 16.0. The number of carboxylic acids is 1. The average molecular weight is 211 g/mol. The topological polar surface area (TPSA) is 85.2 Å². The lowest BCUT2D eigenvalue weighted by Crippen LogP contribution is -2.13. The first-order valence-electron chi connectivity index (χ1n) is 4.74. The molecule has 0 saturated heterocycles. The summed E-state index contributed by atoms with van der Waals surface area (Å²) in [5.74, 6) is -1.06. The fraction of sp³-hybridized carbons (Fsp3) is 0.556. The van der Waals surface area contributed by atoms with E-state index >= 15 is 0 Å². The molecule has 0 aliphatic carbocycles. The Labute approximate surface area is 87.3 Å². The van der Waals surface area contributed by atoms with Crippen LogP contribution in [-0.2, 0) is 17.6 Å². The van der Waals surface area contributed by atoms with Crippen molar-refractivity contribution in [1.29, 1.82) is 0 Å². The number of ether oxygens (including phenoxy) is 1. The Bertz CT molecular complexity index is 354. The van der Waals surface area contributed by atoms with Gasteiger partial charge in [0.25, 0.3) is 0 Å². The maximum Gasteiger partial charge on any atom is 0.341 e. The molecule has 15 heavy (non-hydrogen) atoms. The largest absolute Gasteiger partial charge is 0.479 e. The molecule has 0 aliphatic heterocycles. The van der Waals surface area contributed by atoms with Gasteiger partial charge in [0, 0.05) is 0 Å². The molecule has 0 unspecified atom stereocenters. The van der Waals surface area contributed by atoms with Crippen molar-refractivity contribution in [3.8, 4) is 6.01 Å². The first-order chi connectivity index (χ1) is 7.17. The SMILES string of the molecule is CCc1nnc(OCC(=O)O)nc1CC. The van der Waals surface area contributed by atoms with Crippen molar-refractivity contribution in [3.05, 3.63) is 11.4 Å². The summed E-state index contributed by atoms with van der Waals surface area (Å²) in [4.78, 5) is 14.3. The quantitative estimate of drug-likeness (QED) is 0.761. The molecule has 6 nitrogen and oxygen atoms in total. The first-order valence-corrected chi connectivity index (χ1v) is 4.74. The number of nitrogens with zero attached hydrogens (tertiary/aromatic N) is 3. The van der Waals surface area contributed by atoms with Crippen LogP contribution in [0.2, 0.25) is 0 Å². The lowest BCUT2D eigenvalue weighted by atomic mass is 10.2. The predicted molar refractivity (Wildman–Crippen MR) is 51.7 cm³/mol. The van der Waals surface area contributed by atoms with Gasteiger partial charge < -0.3 is 9.84 Å². The second-order valence-corrected chi connectivity index (χ2v) is 2.88. The standard InChI is InChI=1S/C9H13N3O3/c1-3-6-7(4-2)11-12-9(10-6)15-5-8(13)14/h3-5H2,1-2H3,(H,13,14). The Morgan fingerprint density at radius 1 is 1.27 bits per heavy atom. The molecule has 1 aromatic rings. The second kappa shape index (κ2) is 5.23. The zero-order valence-corrected chi connectivity index (χ0v) is 8.73. The molecule has 0 saturated carbocycles. The molecule has 0 aliphatic rings. The van der Waals surface area contributed by atoms with Crippen molar-refractivity contribution in [2.75, 3.05) is 6.61 Å². The van der Waals surface area contributed by atoms with Crippen LogP contribution in [-0.4, -0.2) is 32.9 Å². The van der Waals surface area contributed by atoms with Crippen LogP contribution in [0.5, 0.6) is 6.01 Å². The van der Waals surface area contributed by atoms with E-state index in [9.17, 15) is 4.79 Å². The summed E-state index contributed by atoms with van der Waals surface area (Å²) >= 11 is 0. The third-order valence-electron chi connectivity index (χ3n) is 1.81. The van der Waals surface area contributed by atoms with Gasteiger partial charge >= 0.3 is 12.0 Å². The molecule has 0 radical (unpaired) electrons. The Morgan fingerprint density at radius 2 is 1.93 bits per heavy atom. The van der Waals surface area contributed by atoms with Crippen LogP contribution >= 0.6 is 0 Å². The first kappa shape index (κ1) is 11.4. The third kappa shape index (κ3) is 3.16. The number of rotatable bonds is 5. The third-order valence-corrected chi connectivity index (χ3v) is 1.81. The number of aliphatic carboxylic acids is 1. The summed E-state index contributed by atoms with van der Waals surface area (Å²) in [6.45, 7) is 3.46. The van der Waals surface area contributed by atoms with Gasteiger partial charge in [-0.3, -0.25) is 0 Å². The Balaban J connectivity index is 2.78. The van der Waals surface area contributed by atoms with E-state index in [4.69, 9.17) is 9.84 Å². The maximum absolute atomic E-state index is 10.2. The van der Waals surface area contributed by atoms with Crippen LogP contribution in [0, 0.1) is 0 Å². The molecule has 6 heteroatoms. The minimum Gasteiger partial charge on any atom is -0.479 e. The van der Waals surface area contributed by atoms with E-state index in [0.29, 0.717) is 0 Å². The number of carbonyl (C=O) groups is 1. The number of aryl methyl sites for hydroxylation is 2. The fourth-order valence-corrected chi connectivity index (χ4v) is 1.11. The molecule has 82 valence electrons. The van der Waals surface area contributed by atoms with Crippen LogP contribution in [0.25, 0.3) is 0 Å². The van der Waals surface area contributed by atoms with Crippen molar-refractivity contribution >= 4 is 5.97 Å². The van der Waals surface area contributed by atoms with E-state index in [1.54, 1.807) is 0 Å². The van der Waals surface area contributed by atoms with Gasteiger partial charge in [-0.25, -0.2) is 4.79 Å². The highest BCUT2D eigenvalue weighted by atomic mass is 16.5. The summed E-state index contributed by atoms with van der Waals surface area (Å²) in [7, 11) is 0. The van der Waals surface area contributed by atoms with Gasteiger partial charge in [-0.15, -0.1) is 5.10 Å². The Kier molecular flexibility index (Phi) is 3.96. The van der Waals surface area contributed by atoms with E-state index in [1.807, 2.05) is 13.8 Å². The molecule has 0 fully saturated rings. The van der Waals surface area contributed by atoms with Crippen molar-refractivity contribution < 1.29 is 14.6 Å². The number of aromatic nitrogens is 3. The van der Waals surface area contributed by atoms with Crippen LogP contribution in [0.1, 0.15) is 25.2 Å². The number of hydrogen-bond acceptors (Lipinski definition) is 5. The van der Waals surface area contributed by atoms with Gasteiger partial charge in [0.15, 0.2) is 6.61 Å². The molecule has 1 rings (SSSR count). The van der Waals surface area contributed by atoms with Crippen LogP contribution in [0.4, 0.5) is 0 Å². The smallest absolute Gasteiger partial charge is 0.341 e. The summed E-state index contributed by atoms with van der Waals surface area (Å²) in [5.41, 5.74) is 1.62. The van der Waals surface area contributed by atoms with Gasteiger partial charge in [0.05, 0.1) is 11.4 Å². The molecule has 1 heterocycles. The van der Waals surface area contributed by atoms with Gasteiger partial charge in [0.1, 0.15) is 0 Å². The van der Waals surface area contributed by atoms with Gasteiger partial charge in [-0.05, 0) is 12.8 Å². The maximum atomic E-state index is 10.2. The molecule has 0 amide bonds. The molecular weight excluding hydrogens is 198 g/mol. The molecule has 0 spiro atoms. The van der Waals surface area contributed by atoms with E-state index < -0.39 is 12.6 Å². The second-order valence-electron chi connectivity index (χ2n) is 2.88. The highest BCUT2D eigenvalue weighted by Crippen LogP contribution is 2.07. The Hall–Kier alpha value is -1.72. The normalized spacial score (nSPS) is 10.0. The van der Waals surface area contributed by atoms with E-state index in [0.717, 1.165) is 24.2 Å². The minimum absolute atomic E-state index is 0.0199. The van der Waals surface area contributed by atoms with Crippen molar-refractivity contribution in [1.82, 2.24) is 15.2 Å². The fourth-order valence-electron chi connectivity index (χ4n) is 1.11. The van der Waals surface area contributed by atoms with Crippen LogP contribution in [0.3, 0.4) is 0 Å². The van der Waals surface area contributed by atoms with E-state index in [2.05, 4.69) is 15.2 Å². The lowest BCUT2D eigenvalue weighted by Gasteiger charge is -2.05. The summed E-state index contributed by atoms with van der Waals surface area (Å²) in [6.07, 6.45) is 1.48. The highest BCUT2D eigenvalue weighted by molar-refractivity contribution is 5.68. The molecule has 0 bridgehead atoms.